The van der Waals surface area contributed by atoms with Gasteiger partial charge in [0.15, 0.2) is 11.6 Å². The number of rotatable bonds is 5. The van der Waals surface area contributed by atoms with Gasteiger partial charge in [-0.2, -0.15) is 5.10 Å². The van der Waals surface area contributed by atoms with Crippen LogP contribution in [-0.4, -0.2) is 27.6 Å². The Balaban J connectivity index is 1.95. The first-order chi connectivity index (χ1) is 14.3. The normalized spacial score (nSPS) is 11.8. The van der Waals surface area contributed by atoms with Crippen LogP contribution in [0.2, 0.25) is 0 Å². The molecule has 0 saturated heterocycles. The molecule has 4 rings (SSSR count). The Labute approximate surface area is 173 Å². The van der Waals surface area contributed by atoms with Gasteiger partial charge in [0.05, 0.1) is 25.5 Å². The van der Waals surface area contributed by atoms with E-state index in [9.17, 15) is 9.50 Å². The van der Waals surface area contributed by atoms with Crippen molar-refractivity contribution >= 4 is 10.9 Å². The van der Waals surface area contributed by atoms with Crippen molar-refractivity contribution in [2.24, 2.45) is 0 Å². The summed E-state index contributed by atoms with van der Waals surface area (Å²) in [5.74, 6) is -0.839. The number of fused-ring (bicyclic) bond motifs is 1. The topological polar surface area (TPSA) is 47.3 Å². The molecule has 1 heterocycles. The molecule has 0 radical (unpaired) electrons. The van der Waals surface area contributed by atoms with Crippen LogP contribution in [-0.2, 0) is 6.54 Å². The minimum absolute atomic E-state index is 0.0540. The average Bonchev–Trinajstić information content (AvgIpc) is 3.08. The van der Waals surface area contributed by atoms with Crippen LogP contribution >= 0.6 is 0 Å². The van der Waals surface area contributed by atoms with E-state index in [1.54, 1.807) is 49.0 Å². The van der Waals surface area contributed by atoms with Crippen molar-refractivity contribution in [2.45, 2.75) is 26.0 Å². The summed E-state index contributed by atoms with van der Waals surface area (Å²) in [6.07, 6.45) is 1.62. The molecule has 1 aromatic heterocycles. The van der Waals surface area contributed by atoms with Crippen molar-refractivity contribution < 1.29 is 18.6 Å². The molecule has 1 N–H and O–H groups in total. The number of ether oxygens (including phenoxy) is 1. The maximum absolute atomic E-state index is 15.7. The molecule has 0 atom stereocenters. The molecule has 0 amide bonds. The molecule has 4 nitrogen and oxygen atoms in total. The molecule has 0 bridgehead atoms. The third-order valence-corrected chi connectivity index (χ3v) is 4.91. The Hall–Kier alpha value is -3.25. The van der Waals surface area contributed by atoms with E-state index in [2.05, 4.69) is 5.10 Å². The second kappa shape index (κ2) is 7.54. The second-order valence-electron chi connectivity index (χ2n) is 7.88. The van der Waals surface area contributed by atoms with Gasteiger partial charge in [0, 0.05) is 10.9 Å². The van der Waals surface area contributed by atoms with Gasteiger partial charge in [-0.3, -0.25) is 4.68 Å². The van der Waals surface area contributed by atoms with Crippen LogP contribution < -0.4 is 4.74 Å². The smallest absolute Gasteiger partial charge is 0.181 e. The number of nitrogens with zero attached hydrogens (tertiary/aromatic N) is 2. The lowest BCUT2D eigenvalue weighted by atomic mass is 9.93. The molecule has 0 spiro atoms. The summed E-state index contributed by atoms with van der Waals surface area (Å²) in [6.45, 7) is 3.51. The van der Waals surface area contributed by atoms with E-state index in [0.717, 1.165) is 0 Å². The number of methoxy groups -OCH3 is 1. The maximum Gasteiger partial charge on any atom is 0.181 e. The average molecular weight is 408 g/mol. The summed E-state index contributed by atoms with van der Waals surface area (Å²) in [7, 11) is 1.40. The third-order valence-electron chi connectivity index (χ3n) is 4.91. The fraction of sp³-hybridized carbons (Fsp3) is 0.208. The van der Waals surface area contributed by atoms with Crippen molar-refractivity contribution in [3.8, 4) is 28.0 Å². The lowest BCUT2D eigenvalue weighted by Crippen LogP contribution is -2.26. The van der Waals surface area contributed by atoms with Crippen molar-refractivity contribution in [3.63, 3.8) is 0 Å². The maximum atomic E-state index is 15.7. The Morgan fingerprint density at radius 1 is 1.00 bits per heavy atom. The van der Waals surface area contributed by atoms with Crippen LogP contribution in [0.5, 0.6) is 5.75 Å². The van der Waals surface area contributed by atoms with E-state index < -0.39 is 11.4 Å². The Bertz CT molecular complexity index is 1230. The van der Waals surface area contributed by atoms with E-state index in [1.165, 1.54) is 19.2 Å². The summed E-state index contributed by atoms with van der Waals surface area (Å²) >= 11 is 0. The minimum atomic E-state index is -1.02. The van der Waals surface area contributed by atoms with Crippen LogP contribution in [0, 0.1) is 11.6 Å². The van der Waals surface area contributed by atoms with Gasteiger partial charge in [-0.15, -0.1) is 0 Å². The Morgan fingerprint density at radius 2 is 1.73 bits per heavy atom. The summed E-state index contributed by atoms with van der Waals surface area (Å²) in [6, 6.07) is 15.2. The highest BCUT2D eigenvalue weighted by Crippen LogP contribution is 2.40. The van der Waals surface area contributed by atoms with Crippen molar-refractivity contribution in [1.29, 1.82) is 0 Å². The number of benzene rings is 3. The standard InChI is InChI=1S/C24H22F2N2O2/c1-24(2,29)14-28-22-16(13-27-28)12-20(21(26)23(22)30-3)19-10-5-4-9-18(19)15-7-6-8-17(25)11-15/h4-13,29H,14H2,1-3H3. The van der Waals surface area contributed by atoms with Gasteiger partial charge in [0.2, 0.25) is 0 Å². The third kappa shape index (κ3) is 3.66. The SMILES string of the molecule is COc1c(F)c(-c2ccccc2-c2cccc(F)c2)cc2cnn(CC(C)(C)O)c12. The number of halogens is 2. The van der Waals surface area contributed by atoms with Crippen molar-refractivity contribution in [3.05, 3.63) is 72.4 Å². The zero-order chi connectivity index (χ0) is 21.5. The summed E-state index contributed by atoms with van der Waals surface area (Å²) < 4.78 is 36.4. The molecule has 0 aliphatic heterocycles. The minimum Gasteiger partial charge on any atom is -0.491 e. The van der Waals surface area contributed by atoms with Gasteiger partial charge in [0.1, 0.15) is 11.3 Å². The van der Waals surface area contributed by atoms with E-state index in [-0.39, 0.29) is 18.1 Å². The van der Waals surface area contributed by atoms with E-state index in [1.807, 2.05) is 18.2 Å². The van der Waals surface area contributed by atoms with Gasteiger partial charge < -0.3 is 9.84 Å². The van der Waals surface area contributed by atoms with Crippen LogP contribution in [0.15, 0.2) is 60.8 Å². The van der Waals surface area contributed by atoms with Gasteiger partial charge in [-0.05, 0) is 48.7 Å². The quantitative estimate of drug-likeness (QED) is 0.479. The molecule has 3 aromatic carbocycles. The van der Waals surface area contributed by atoms with Crippen LogP contribution in [0.3, 0.4) is 0 Å². The highest BCUT2D eigenvalue weighted by atomic mass is 19.1. The highest BCUT2D eigenvalue weighted by molar-refractivity contribution is 5.94. The van der Waals surface area contributed by atoms with Crippen LogP contribution in [0.1, 0.15) is 13.8 Å². The zero-order valence-electron chi connectivity index (χ0n) is 17.0. The predicted octanol–water partition coefficient (Wildman–Crippen LogP) is 5.43. The fourth-order valence-electron chi connectivity index (χ4n) is 3.69. The van der Waals surface area contributed by atoms with E-state index >= 15 is 4.39 Å². The molecular weight excluding hydrogens is 386 g/mol. The van der Waals surface area contributed by atoms with Crippen LogP contribution in [0.4, 0.5) is 8.78 Å². The molecule has 30 heavy (non-hydrogen) atoms. The summed E-state index contributed by atoms with van der Waals surface area (Å²) in [4.78, 5) is 0. The number of hydrogen-bond donors (Lipinski definition) is 1. The molecule has 154 valence electrons. The monoisotopic (exact) mass is 408 g/mol. The number of aliphatic hydroxyl groups is 1. The molecule has 6 heteroatoms. The largest absolute Gasteiger partial charge is 0.491 e. The molecule has 0 fully saturated rings. The lowest BCUT2D eigenvalue weighted by Gasteiger charge is -2.19. The van der Waals surface area contributed by atoms with Crippen molar-refractivity contribution in [1.82, 2.24) is 9.78 Å². The van der Waals surface area contributed by atoms with Crippen molar-refractivity contribution in [2.75, 3.05) is 7.11 Å². The number of hydrogen-bond acceptors (Lipinski definition) is 3. The Morgan fingerprint density at radius 3 is 2.40 bits per heavy atom. The molecular formula is C24H22F2N2O2. The summed E-state index contributed by atoms with van der Waals surface area (Å²) in [5, 5.41) is 15.2. The lowest BCUT2D eigenvalue weighted by molar-refractivity contribution is 0.0590. The molecule has 0 aliphatic rings. The fourth-order valence-corrected chi connectivity index (χ4v) is 3.69. The van der Waals surface area contributed by atoms with Crippen LogP contribution in [0.25, 0.3) is 33.2 Å². The van der Waals surface area contributed by atoms with Gasteiger partial charge in [-0.25, -0.2) is 8.78 Å². The first-order valence-corrected chi connectivity index (χ1v) is 9.58. The molecule has 4 aromatic rings. The van der Waals surface area contributed by atoms with Gasteiger partial charge >= 0.3 is 0 Å². The first-order valence-electron chi connectivity index (χ1n) is 9.58. The predicted molar refractivity (Wildman–Crippen MR) is 113 cm³/mol. The molecule has 0 aliphatic carbocycles. The number of aromatic nitrogens is 2. The zero-order valence-corrected chi connectivity index (χ0v) is 17.0. The van der Waals surface area contributed by atoms with E-state index in [4.69, 9.17) is 4.74 Å². The molecule has 0 saturated carbocycles. The van der Waals surface area contributed by atoms with Gasteiger partial charge in [-0.1, -0.05) is 36.4 Å². The summed E-state index contributed by atoms with van der Waals surface area (Å²) in [5.41, 5.74) is 1.77. The Kier molecular flexibility index (Phi) is 5.03. The van der Waals surface area contributed by atoms with Gasteiger partial charge in [0.25, 0.3) is 0 Å². The van der Waals surface area contributed by atoms with E-state index in [0.29, 0.717) is 33.2 Å². The first kappa shape index (κ1) is 20.0. The second-order valence-corrected chi connectivity index (χ2v) is 7.88. The molecule has 0 unspecified atom stereocenters. The highest BCUT2D eigenvalue weighted by Gasteiger charge is 2.23.